The summed E-state index contributed by atoms with van der Waals surface area (Å²) in [5.41, 5.74) is 5.93. The zero-order valence-electron chi connectivity index (χ0n) is 17.6. The van der Waals surface area contributed by atoms with Crippen molar-refractivity contribution in [2.45, 2.75) is 19.1 Å². The van der Waals surface area contributed by atoms with Crippen molar-refractivity contribution in [3.8, 4) is 0 Å². The van der Waals surface area contributed by atoms with Crippen LogP contribution in [0, 0.1) is 0 Å². The predicted octanol–water partition coefficient (Wildman–Crippen LogP) is 3.13. The van der Waals surface area contributed by atoms with E-state index in [4.69, 9.17) is 16.3 Å². The Morgan fingerprint density at radius 1 is 1.22 bits per heavy atom. The first kappa shape index (κ1) is 20.9. The van der Waals surface area contributed by atoms with Crippen molar-refractivity contribution in [1.29, 1.82) is 0 Å². The summed E-state index contributed by atoms with van der Waals surface area (Å²) in [6, 6.07) is 13.4. The molecule has 1 fully saturated rings. The molecule has 6 nitrogen and oxygen atoms in total. The lowest BCUT2D eigenvalue weighted by Gasteiger charge is -2.33. The summed E-state index contributed by atoms with van der Waals surface area (Å²) in [6.07, 6.45) is 6.42. The van der Waals surface area contributed by atoms with Crippen molar-refractivity contribution >= 4 is 22.9 Å². The molecule has 3 heterocycles. The van der Waals surface area contributed by atoms with Crippen molar-refractivity contribution in [3.05, 3.63) is 98.7 Å². The number of aliphatic hydroxyl groups excluding tert-OH is 1. The zero-order chi connectivity index (χ0) is 22.1. The van der Waals surface area contributed by atoms with Gasteiger partial charge in [0.25, 0.3) is 5.56 Å². The second-order valence-corrected chi connectivity index (χ2v) is 8.58. The molecule has 1 N–H and O–H groups in total. The van der Waals surface area contributed by atoms with Crippen LogP contribution in [0.5, 0.6) is 0 Å². The quantitative estimate of drug-likeness (QED) is 0.648. The first-order valence-corrected chi connectivity index (χ1v) is 11.1. The Bertz CT molecular complexity index is 1240. The van der Waals surface area contributed by atoms with Crippen LogP contribution in [0.3, 0.4) is 0 Å². The fourth-order valence-corrected chi connectivity index (χ4v) is 4.55. The minimum absolute atomic E-state index is 0.00546. The predicted molar refractivity (Wildman–Crippen MR) is 125 cm³/mol. The first-order valence-electron chi connectivity index (χ1n) is 10.7. The van der Waals surface area contributed by atoms with Crippen LogP contribution in [0.4, 0.5) is 5.69 Å². The number of allylic oxidation sites excluding steroid dienone is 1. The summed E-state index contributed by atoms with van der Waals surface area (Å²) in [7, 11) is 0. The highest BCUT2D eigenvalue weighted by Gasteiger charge is 2.23. The molecule has 0 amide bonds. The maximum atomic E-state index is 12.8. The summed E-state index contributed by atoms with van der Waals surface area (Å²) in [6.45, 7) is 2.45. The van der Waals surface area contributed by atoms with Gasteiger partial charge in [-0.05, 0) is 41.0 Å². The summed E-state index contributed by atoms with van der Waals surface area (Å²) in [4.78, 5) is 19.7. The average Bonchev–Trinajstić information content (AvgIpc) is 3.24. The Hall–Kier alpha value is -2.93. The van der Waals surface area contributed by atoms with E-state index in [2.05, 4.69) is 22.0 Å². The molecule has 0 bridgehead atoms. The van der Waals surface area contributed by atoms with Gasteiger partial charge in [0.1, 0.15) is 0 Å². The number of anilines is 1. The summed E-state index contributed by atoms with van der Waals surface area (Å²) in [5, 5.41) is 10.1. The third kappa shape index (κ3) is 4.21. The Labute approximate surface area is 191 Å². The van der Waals surface area contributed by atoms with Gasteiger partial charge in [-0.25, -0.2) is 0 Å². The lowest BCUT2D eigenvalue weighted by molar-refractivity contribution is 0.00355. The van der Waals surface area contributed by atoms with Gasteiger partial charge >= 0.3 is 0 Å². The summed E-state index contributed by atoms with van der Waals surface area (Å²) < 4.78 is 7.25. The van der Waals surface area contributed by atoms with Gasteiger partial charge in [-0.1, -0.05) is 29.8 Å². The normalized spacial score (nSPS) is 17.9. The van der Waals surface area contributed by atoms with Crippen LogP contribution in [-0.2, 0) is 17.7 Å². The number of aromatic nitrogens is 2. The van der Waals surface area contributed by atoms with Crippen molar-refractivity contribution in [3.63, 3.8) is 0 Å². The van der Waals surface area contributed by atoms with Gasteiger partial charge < -0.3 is 19.3 Å². The molecule has 1 aliphatic heterocycles. The number of rotatable bonds is 5. The molecule has 5 rings (SSSR count). The van der Waals surface area contributed by atoms with E-state index in [9.17, 15) is 9.90 Å². The van der Waals surface area contributed by atoms with Crippen molar-refractivity contribution < 1.29 is 9.84 Å². The van der Waals surface area contributed by atoms with E-state index in [1.54, 1.807) is 10.6 Å². The van der Waals surface area contributed by atoms with Crippen LogP contribution >= 0.6 is 11.6 Å². The standard InChI is InChI=1S/C25H24ClN3O3/c26-19-3-1-2-17(10-19)14-29-7-6-18(11-25(29)31)22-4-5-24-23(22)12-20(13-27-24)28-8-9-32-21(15-28)16-30/h1-4,6-7,10-13,21,30H,5,8-9,14-16H2. The van der Waals surface area contributed by atoms with Crippen LogP contribution in [0.15, 0.2) is 65.7 Å². The number of ether oxygens (including phenoxy) is 1. The molecule has 2 aliphatic rings. The number of nitrogens with zero attached hydrogens (tertiary/aromatic N) is 3. The molecule has 0 radical (unpaired) electrons. The minimum Gasteiger partial charge on any atom is -0.394 e. The largest absolute Gasteiger partial charge is 0.394 e. The van der Waals surface area contributed by atoms with E-state index < -0.39 is 0 Å². The minimum atomic E-state index is -0.181. The number of halogens is 1. The monoisotopic (exact) mass is 449 g/mol. The number of hydrogen-bond donors (Lipinski definition) is 1. The Morgan fingerprint density at radius 3 is 2.94 bits per heavy atom. The number of morpholine rings is 1. The fraction of sp³-hybridized carbons (Fsp3) is 0.280. The maximum absolute atomic E-state index is 12.8. The average molecular weight is 450 g/mol. The van der Waals surface area contributed by atoms with Gasteiger partial charge in [-0.15, -0.1) is 0 Å². The number of fused-ring (bicyclic) bond motifs is 1. The highest BCUT2D eigenvalue weighted by molar-refractivity contribution is 6.30. The van der Waals surface area contributed by atoms with E-state index in [1.807, 2.05) is 42.7 Å². The first-order chi connectivity index (χ1) is 15.6. The molecule has 0 saturated carbocycles. The third-order valence-corrected chi connectivity index (χ3v) is 6.24. The van der Waals surface area contributed by atoms with Gasteiger partial charge in [0.2, 0.25) is 0 Å². The van der Waals surface area contributed by atoms with Crippen molar-refractivity contribution in [1.82, 2.24) is 9.55 Å². The molecule has 1 aliphatic carbocycles. The zero-order valence-corrected chi connectivity index (χ0v) is 18.3. The van der Waals surface area contributed by atoms with Gasteiger partial charge in [-0.2, -0.15) is 0 Å². The molecule has 1 saturated heterocycles. The van der Waals surface area contributed by atoms with Crippen molar-refractivity contribution in [2.75, 3.05) is 31.2 Å². The van der Waals surface area contributed by atoms with Crippen molar-refractivity contribution in [2.24, 2.45) is 0 Å². The number of benzene rings is 1. The Balaban J connectivity index is 1.40. The number of hydrogen-bond acceptors (Lipinski definition) is 5. The molecule has 3 aromatic rings. The van der Waals surface area contributed by atoms with E-state index in [-0.39, 0.29) is 18.3 Å². The number of pyridine rings is 2. The van der Waals surface area contributed by atoms with Gasteiger partial charge in [-0.3, -0.25) is 9.78 Å². The molecule has 1 unspecified atom stereocenters. The van der Waals surface area contributed by atoms with Gasteiger partial charge in [0.15, 0.2) is 0 Å². The van der Waals surface area contributed by atoms with E-state index in [1.165, 1.54) is 0 Å². The molecule has 1 aromatic carbocycles. The summed E-state index contributed by atoms with van der Waals surface area (Å²) in [5.74, 6) is 0. The Kier molecular flexibility index (Phi) is 5.83. The maximum Gasteiger partial charge on any atom is 0.251 e. The lowest BCUT2D eigenvalue weighted by atomic mass is 10.0. The molecule has 2 aromatic heterocycles. The van der Waals surface area contributed by atoms with Crippen LogP contribution in [-0.4, -0.2) is 47.1 Å². The molecule has 0 spiro atoms. The highest BCUT2D eigenvalue weighted by Crippen LogP contribution is 2.34. The molecule has 7 heteroatoms. The molecular formula is C25H24ClN3O3. The molecule has 164 valence electrons. The SMILES string of the molecule is O=c1cc(C2=CCc3ncc(N4CCOC(CO)C4)cc32)ccn1Cc1cccc(Cl)c1. The smallest absolute Gasteiger partial charge is 0.251 e. The van der Waals surface area contributed by atoms with Crippen LogP contribution in [0.1, 0.15) is 22.4 Å². The van der Waals surface area contributed by atoms with Crippen LogP contribution in [0.25, 0.3) is 5.57 Å². The Morgan fingerprint density at radius 2 is 2.12 bits per heavy atom. The van der Waals surface area contributed by atoms with Crippen LogP contribution in [0.2, 0.25) is 5.02 Å². The second-order valence-electron chi connectivity index (χ2n) is 8.14. The van der Waals surface area contributed by atoms with Crippen LogP contribution < -0.4 is 10.5 Å². The lowest BCUT2D eigenvalue weighted by Crippen LogP contribution is -2.44. The van der Waals surface area contributed by atoms with E-state index >= 15 is 0 Å². The third-order valence-electron chi connectivity index (χ3n) is 6.00. The highest BCUT2D eigenvalue weighted by atomic mass is 35.5. The van der Waals surface area contributed by atoms with Gasteiger partial charge in [0.05, 0.1) is 43.4 Å². The van der Waals surface area contributed by atoms with Gasteiger partial charge in [0, 0.05) is 42.4 Å². The second kappa shape index (κ2) is 8.90. The van der Waals surface area contributed by atoms with E-state index in [0.29, 0.717) is 24.7 Å². The molecule has 1 atom stereocenters. The topological polar surface area (TPSA) is 67.6 Å². The molecule has 32 heavy (non-hydrogen) atoms. The number of aliphatic hydroxyl groups is 1. The van der Waals surface area contributed by atoms with E-state index in [0.717, 1.165) is 46.6 Å². The summed E-state index contributed by atoms with van der Waals surface area (Å²) >= 11 is 6.07. The fourth-order valence-electron chi connectivity index (χ4n) is 4.34. The molecular weight excluding hydrogens is 426 g/mol.